The highest BCUT2D eigenvalue weighted by Crippen LogP contribution is 2.34. The number of benzene rings is 1. The molecule has 2 aromatic heterocycles. The molecule has 4 rings (SSSR count). The lowest BCUT2D eigenvalue weighted by Gasteiger charge is -2.06. The van der Waals surface area contributed by atoms with Gasteiger partial charge in [-0.15, -0.1) is 0 Å². The fourth-order valence-electron chi connectivity index (χ4n) is 3.93. The minimum Gasteiger partial charge on any atom is -0.411 e. The van der Waals surface area contributed by atoms with Gasteiger partial charge in [0, 0.05) is 55.5 Å². The zero-order valence-electron chi connectivity index (χ0n) is 17.8. The molecular formula is C24H28N4O3. The predicted molar refractivity (Wildman–Crippen MR) is 119 cm³/mol. The van der Waals surface area contributed by atoms with Crippen molar-refractivity contribution >= 4 is 5.71 Å². The molecular weight excluding hydrogens is 392 g/mol. The second-order valence-electron chi connectivity index (χ2n) is 7.62. The van der Waals surface area contributed by atoms with Gasteiger partial charge in [-0.25, -0.2) is 0 Å². The van der Waals surface area contributed by atoms with Crippen LogP contribution in [0.2, 0.25) is 0 Å². The first kappa shape index (κ1) is 21.2. The van der Waals surface area contributed by atoms with Gasteiger partial charge < -0.3 is 14.7 Å². The van der Waals surface area contributed by atoms with E-state index in [0.29, 0.717) is 13.2 Å². The number of hydrogen-bond donors (Lipinski definition) is 1. The fourth-order valence-corrected chi connectivity index (χ4v) is 3.93. The molecule has 1 aliphatic rings. The van der Waals surface area contributed by atoms with Crippen LogP contribution in [0.4, 0.5) is 0 Å². The molecule has 0 atom stereocenters. The molecule has 31 heavy (non-hydrogen) atoms. The molecule has 3 aromatic rings. The van der Waals surface area contributed by atoms with Crippen molar-refractivity contribution in [2.45, 2.75) is 32.2 Å². The first-order valence-electron chi connectivity index (χ1n) is 10.7. The van der Waals surface area contributed by atoms with Gasteiger partial charge in [-0.2, -0.15) is 5.10 Å². The number of aromatic nitrogens is 3. The summed E-state index contributed by atoms with van der Waals surface area (Å²) in [5.74, 6) is 0. The summed E-state index contributed by atoms with van der Waals surface area (Å²) >= 11 is 0. The van der Waals surface area contributed by atoms with Crippen LogP contribution >= 0.6 is 0 Å². The quantitative estimate of drug-likeness (QED) is 0.302. The molecule has 0 aliphatic heterocycles. The zero-order chi connectivity index (χ0) is 21.5. The van der Waals surface area contributed by atoms with Gasteiger partial charge in [0.15, 0.2) is 0 Å². The van der Waals surface area contributed by atoms with E-state index in [2.05, 4.69) is 34.5 Å². The minimum absolute atomic E-state index is 0.629. The Bertz CT molecular complexity index is 1030. The topological polar surface area (TPSA) is 81.8 Å². The molecule has 1 aromatic carbocycles. The maximum atomic E-state index is 9.21. The molecule has 0 unspecified atom stereocenters. The Balaban J connectivity index is 1.54. The molecule has 162 valence electrons. The molecule has 7 heteroatoms. The normalized spacial score (nSPS) is 14.3. The highest BCUT2D eigenvalue weighted by atomic mass is 16.5. The van der Waals surface area contributed by atoms with Crippen LogP contribution < -0.4 is 0 Å². The Hall–Kier alpha value is -3.03. The van der Waals surface area contributed by atoms with E-state index in [0.717, 1.165) is 72.5 Å². The van der Waals surface area contributed by atoms with Crippen LogP contribution in [0, 0.1) is 0 Å². The Morgan fingerprint density at radius 1 is 1.00 bits per heavy atom. The predicted octanol–water partition coefficient (Wildman–Crippen LogP) is 4.18. The van der Waals surface area contributed by atoms with Crippen molar-refractivity contribution in [2.24, 2.45) is 5.16 Å². The summed E-state index contributed by atoms with van der Waals surface area (Å²) in [6.07, 6.45) is 9.35. The number of rotatable bonds is 10. The number of unbranched alkanes of at least 4 members (excludes halogenated alkanes) is 1. The van der Waals surface area contributed by atoms with Crippen molar-refractivity contribution < 1.29 is 14.7 Å². The van der Waals surface area contributed by atoms with Crippen LogP contribution in [-0.4, -0.2) is 52.6 Å². The van der Waals surface area contributed by atoms with Crippen LogP contribution in [0.5, 0.6) is 0 Å². The van der Waals surface area contributed by atoms with Gasteiger partial charge in [-0.3, -0.25) is 9.67 Å². The lowest BCUT2D eigenvalue weighted by molar-refractivity contribution is 0.0683. The summed E-state index contributed by atoms with van der Waals surface area (Å²) in [4.78, 5) is 4.14. The maximum absolute atomic E-state index is 9.21. The molecule has 0 spiro atoms. The molecule has 0 saturated carbocycles. The third-order valence-electron chi connectivity index (χ3n) is 5.55. The van der Waals surface area contributed by atoms with Gasteiger partial charge in [0.1, 0.15) is 5.69 Å². The highest BCUT2D eigenvalue weighted by Gasteiger charge is 2.20. The third-order valence-corrected chi connectivity index (χ3v) is 5.55. The van der Waals surface area contributed by atoms with Crippen LogP contribution in [0.1, 0.15) is 30.4 Å². The van der Waals surface area contributed by atoms with E-state index in [4.69, 9.17) is 14.6 Å². The summed E-state index contributed by atoms with van der Waals surface area (Å²) in [6.45, 7) is 2.83. The van der Waals surface area contributed by atoms with E-state index in [1.807, 2.05) is 16.8 Å². The number of methoxy groups -OCH3 is 1. The number of fused-ring (bicyclic) bond motifs is 1. The minimum atomic E-state index is 0.629. The van der Waals surface area contributed by atoms with E-state index in [1.165, 1.54) is 5.56 Å². The van der Waals surface area contributed by atoms with Crippen LogP contribution in [0.15, 0.2) is 54.1 Å². The molecule has 2 heterocycles. The summed E-state index contributed by atoms with van der Waals surface area (Å²) < 4.78 is 12.6. The van der Waals surface area contributed by atoms with Crippen LogP contribution in [0.25, 0.3) is 22.4 Å². The monoisotopic (exact) mass is 420 g/mol. The fraction of sp³-hybridized carbons (Fsp3) is 0.375. The second-order valence-corrected chi connectivity index (χ2v) is 7.62. The van der Waals surface area contributed by atoms with Crippen molar-refractivity contribution in [1.82, 2.24) is 14.8 Å². The Morgan fingerprint density at radius 3 is 2.68 bits per heavy atom. The van der Waals surface area contributed by atoms with Crippen molar-refractivity contribution in [1.29, 1.82) is 0 Å². The lowest BCUT2D eigenvalue weighted by Crippen LogP contribution is -2.05. The average molecular weight is 421 g/mol. The number of hydrogen-bond acceptors (Lipinski definition) is 6. The lowest BCUT2D eigenvalue weighted by atomic mass is 9.98. The van der Waals surface area contributed by atoms with Gasteiger partial charge in [-0.1, -0.05) is 23.4 Å². The number of ether oxygens (including phenoxy) is 2. The molecule has 0 amide bonds. The molecule has 0 bridgehead atoms. The van der Waals surface area contributed by atoms with Crippen LogP contribution in [0.3, 0.4) is 0 Å². The molecule has 7 nitrogen and oxygen atoms in total. The third kappa shape index (κ3) is 5.00. The molecule has 1 aliphatic carbocycles. The van der Waals surface area contributed by atoms with E-state index < -0.39 is 0 Å². The Labute approximate surface area is 182 Å². The van der Waals surface area contributed by atoms with E-state index in [9.17, 15) is 5.21 Å². The summed E-state index contributed by atoms with van der Waals surface area (Å²) in [5.41, 5.74) is 7.24. The van der Waals surface area contributed by atoms with Gasteiger partial charge in [-0.05, 0) is 48.9 Å². The number of aryl methyl sites for hydroxylation is 2. The average Bonchev–Trinajstić information content (AvgIpc) is 3.42. The van der Waals surface area contributed by atoms with Gasteiger partial charge in [0.2, 0.25) is 0 Å². The van der Waals surface area contributed by atoms with Gasteiger partial charge >= 0.3 is 0 Å². The number of nitrogens with zero attached hydrogens (tertiary/aromatic N) is 4. The summed E-state index contributed by atoms with van der Waals surface area (Å²) in [6, 6.07) is 10.3. The van der Waals surface area contributed by atoms with Gasteiger partial charge in [0.05, 0.1) is 18.9 Å². The summed E-state index contributed by atoms with van der Waals surface area (Å²) in [7, 11) is 1.68. The summed E-state index contributed by atoms with van der Waals surface area (Å²) in [5, 5.41) is 17.5. The molecule has 0 fully saturated rings. The highest BCUT2D eigenvalue weighted by molar-refractivity contribution is 6.04. The van der Waals surface area contributed by atoms with Crippen molar-refractivity contribution in [3.63, 3.8) is 0 Å². The van der Waals surface area contributed by atoms with Crippen molar-refractivity contribution in [2.75, 3.05) is 26.9 Å². The Morgan fingerprint density at radius 2 is 1.87 bits per heavy atom. The first-order chi connectivity index (χ1) is 15.3. The van der Waals surface area contributed by atoms with E-state index >= 15 is 0 Å². The van der Waals surface area contributed by atoms with Crippen LogP contribution in [-0.2, 0) is 22.4 Å². The number of pyridine rings is 1. The van der Waals surface area contributed by atoms with Gasteiger partial charge in [0.25, 0.3) is 0 Å². The smallest absolute Gasteiger partial charge is 0.100 e. The van der Waals surface area contributed by atoms with Crippen molar-refractivity contribution in [3.8, 4) is 22.4 Å². The standard InChI is InChI=1S/C24H28N4O3/c1-30-14-15-31-13-3-2-12-28-17-22(24(26-28)18-8-10-25-11-9-18)20-4-6-21-19(16-20)5-7-23(21)27-29/h4,6,8-11,16-17,29H,2-3,5,7,12-15H2,1H3/b27-23+. The van der Waals surface area contributed by atoms with Crippen molar-refractivity contribution in [3.05, 3.63) is 60.0 Å². The zero-order valence-corrected chi connectivity index (χ0v) is 17.8. The maximum Gasteiger partial charge on any atom is 0.100 e. The molecule has 1 N–H and O–H groups in total. The Kier molecular flexibility index (Phi) is 7.07. The van der Waals surface area contributed by atoms with E-state index in [-0.39, 0.29) is 0 Å². The first-order valence-corrected chi connectivity index (χ1v) is 10.7. The van der Waals surface area contributed by atoms with E-state index in [1.54, 1.807) is 19.5 Å². The SMILES string of the molecule is COCCOCCCCn1cc(-c2ccc3c(c2)CC/C3=N\O)c(-c2ccncc2)n1. The molecule has 0 radical (unpaired) electrons. The second kappa shape index (κ2) is 10.3. The number of oxime groups is 1. The largest absolute Gasteiger partial charge is 0.411 e. The molecule has 0 saturated heterocycles.